The molecule has 1 atom stereocenters. The minimum atomic E-state index is -0.634. The van der Waals surface area contributed by atoms with Gasteiger partial charge in [0.1, 0.15) is 5.60 Å². The Bertz CT molecular complexity index is 824. The summed E-state index contributed by atoms with van der Waals surface area (Å²) in [5.74, 6) is -0.672. The molecule has 0 fully saturated rings. The van der Waals surface area contributed by atoms with E-state index in [9.17, 15) is 19.2 Å². The molecule has 0 aromatic heterocycles. The van der Waals surface area contributed by atoms with E-state index in [0.29, 0.717) is 6.54 Å². The van der Waals surface area contributed by atoms with Gasteiger partial charge in [-0.05, 0) is 52.2 Å². The van der Waals surface area contributed by atoms with E-state index in [0.717, 1.165) is 35.9 Å². The lowest BCUT2D eigenvalue weighted by Crippen LogP contribution is -2.44. The molecule has 31 heavy (non-hydrogen) atoms. The number of ether oxygens (including phenoxy) is 1. The Morgan fingerprint density at radius 1 is 1.16 bits per heavy atom. The number of carbonyl (C=O) groups excluding carboxylic acids is 4. The van der Waals surface area contributed by atoms with Crippen LogP contribution in [-0.2, 0) is 20.7 Å². The molecule has 1 aliphatic heterocycles. The highest BCUT2D eigenvalue weighted by atomic mass is 32.2. The summed E-state index contributed by atoms with van der Waals surface area (Å²) in [4.78, 5) is 49.9. The number of alkyl carbamates (subject to hydrolysis) is 1. The summed E-state index contributed by atoms with van der Waals surface area (Å²) >= 11 is 0.785. The maximum absolute atomic E-state index is 12.5. The zero-order valence-corrected chi connectivity index (χ0v) is 19.1. The number of carbonyl (C=O) groups is 4. The van der Waals surface area contributed by atoms with Crippen LogP contribution in [-0.4, -0.2) is 47.1 Å². The van der Waals surface area contributed by atoms with Crippen LogP contribution in [0.2, 0.25) is 0 Å². The van der Waals surface area contributed by atoms with Gasteiger partial charge >= 0.3 is 6.09 Å². The summed E-state index contributed by atoms with van der Waals surface area (Å²) < 4.78 is 5.12. The predicted molar refractivity (Wildman–Crippen MR) is 120 cm³/mol. The summed E-state index contributed by atoms with van der Waals surface area (Å²) in [7, 11) is 0. The molecule has 2 rings (SSSR count). The van der Waals surface area contributed by atoms with Crippen molar-refractivity contribution < 1.29 is 23.9 Å². The van der Waals surface area contributed by atoms with Crippen molar-refractivity contribution in [1.29, 1.82) is 0 Å². The lowest BCUT2D eigenvalue weighted by molar-refractivity contribution is -0.122. The Morgan fingerprint density at radius 3 is 2.58 bits per heavy atom. The van der Waals surface area contributed by atoms with Crippen LogP contribution in [0, 0.1) is 0 Å². The molecule has 1 heterocycles. The largest absolute Gasteiger partial charge is 0.444 e. The molecule has 0 spiro atoms. The molecular formula is C21H30N4O5S. The summed E-state index contributed by atoms with van der Waals surface area (Å²) in [6.07, 6.45) is 1.14. The summed E-state index contributed by atoms with van der Waals surface area (Å²) in [6, 6.07) is 7.26. The molecule has 10 heteroatoms. The third kappa shape index (κ3) is 8.49. The first-order valence-electron chi connectivity index (χ1n) is 10.1. The van der Waals surface area contributed by atoms with Crippen LogP contribution in [0.5, 0.6) is 0 Å². The van der Waals surface area contributed by atoms with E-state index >= 15 is 0 Å². The quantitative estimate of drug-likeness (QED) is 0.594. The number of nitrogens with one attached hydrogen (secondary N) is 3. The second-order valence-electron chi connectivity index (χ2n) is 8.28. The fourth-order valence-corrected chi connectivity index (χ4v) is 3.58. The number of hydrogen-bond donors (Lipinski definition) is 3. The topological polar surface area (TPSA) is 117 Å². The van der Waals surface area contributed by atoms with Crippen LogP contribution in [0.15, 0.2) is 24.3 Å². The Kier molecular flexibility index (Phi) is 8.73. The number of aryl methyl sites for hydroxylation is 1. The molecule has 1 aliphatic rings. The lowest BCUT2D eigenvalue weighted by atomic mass is 10.0. The third-order valence-corrected chi connectivity index (χ3v) is 5.05. The monoisotopic (exact) mass is 450 g/mol. The van der Waals surface area contributed by atoms with Gasteiger partial charge in [0.15, 0.2) is 0 Å². The summed E-state index contributed by atoms with van der Waals surface area (Å²) in [5.41, 5.74) is 5.92. The van der Waals surface area contributed by atoms with Crippen molar-refractivity contribution >= 4 is 40.6 Å². The van der Waals surface area contributed by atoms with Crippen molar-refractivity contribution in [1.82, 2.24) is 16.2 Å². The number of amides is 4. The highest BCUT2D eigenvalue weighted by molar-refractivity contribution is 8.14. The number of nitrogens with zero attached hydrogens (tertiary/aromatic N) is 1. The van der Waals surface area contributed by atoms with E-state index in [-0.39, 0.29) is 18.1 Å². The first kappa shape index (κ1) is 24.5. The number of fused-ring (bicyclic) bond motifs is 1. The van der Waals surface area contributed by atoms with Gasteiger partial charge in [0.2, 0.25) is 11.8 Å². The van der Waals surface area contributed by atoms with Gasteiger partial charge in [0.25, 0.3) is 5.24 Å². The first-order chi connectivity index (χ1) is 14.5. The molecule has 4 amide bonds. The van der Waals surface area contributed by atoms with Crippen LogP contribution < -0.4 is 21.1 Å². The van der Waals surface area contributed by atoms with Gasteiger partial charge < -0.3 is 15.0 Å². The number of hydrazine groups is 1. The van der Waals surface area contributed by atoms with Crippen LogP contribution in [0.3, 0.4) is 0 Å². The fourth-order valence-electron chi connectivity index (χ4n) is 3.04. The van der Waals surface area contributed by atoms with Gasteiger partial charge in [-0.25, -0.2) is 4.79 Å². The number of hydrogen-bond acceptors (Lipinski definition) is 6. The van der Waals surface area contributed by atoms with Crippen molar-refractivity contribution in [3.63, 3.8) is 0 Å². The van der Waals surface area contributed by atoms with E-state index in [2.05, 4.69) is 16.2 Å². The van der Waals surface area contributed by atoms with Crippen molar-refractivity contribution in [2.75, 3.05) is 17.2 Å². The number of rotatable bonds is 5. The number of thioether (sulfide) groups is 1. The average molecular weight is 451 g/mol. The highest BCUT2D eigenvalue weighted by Crippen LogP contribution is 2.27. The van der Waals surface area contributed by atoms with E-state index in [1.54, 1.807) is 32.6 Å². The molecule has 0 saturated carbocycles. The minimum Gasteiger partial charge on any atom is -0.444 e. The molecule has 0 saturated heterocycles. The fraction of sp³-hybridized carbons (Fsp3) is 0.524. The van der Waals surface area contributed by atoms with E-state index in [4.69, 9.17) is 4.74 Å². The van der Waals surface area contributed by atoms with Gasteiger partial charge in [0, 0.05) is 24.7 Å². The summed E-state index contributed by atoms with van der Waals surface area (Å²) in [6.45, 7) is 7.50. The van der Waals surface area contributed by atoms with E-state index < -0.39 is 28.9 Å². The third-order valence-electron chi connectivity index (χ3n) is 4.30. The maximum atomic E-state index is 12.5. The minimum absolute atomic E-state index is 0.0351. The van der Waals surface area contributed by atoms with Crippen LogP contribution >= 0.6 is 11.8 Å². The molecule has 9 nitrogen and oxygen atoms in total. The normalized spacial score (nSPS) is 14.1. The van der Waals surface area contributed by atoms with Crippen LogP contribution in [0.4, 0.5) is 15.3 Å². The smallest absolute Gasteiger partial charge is 0.407 e. The second kappa shape index (κ2) is 11.0. The zero-order valence-electron chi connectivity index (χ0n) is 18.3. The van der Waals surface area contributed by atoms with Crippen molar-refractivity contribution in [3.8, 4) is 0 Å². The SMILES string of the molecule is C[C@H](CC(=O)NNC(=O)SCC(=O)N1CCCc2ccccc21)NC(=O)OC(C)(C)C. The van der Waals surface area contributed by atoms with Gasteiger partial charge in [-0.1, -0.05) is 30.0 Å². The zero-order chi connectivity index (χ0) is 23.0. The number of para-hydroxylation sites is 1. The van der Waals surface area contributed by atoms with Crippen LogP contribution in [0.1, 0.15) is 46.1 Å². The summed E-state index contributed by atoms with van der Waals surface area (Å²) in [5, 5.41) is 2.01. The Morgan fingerprint density at radius 2 is 1.87 bits per heavy atom. The highest BCUT2D eigenvalue weighted by Gasteiger charge is 2.23. The standard InChI is InChI=1S/C21H30N4O5S/c1-14(22-19(28)30-21(2,3)4)12-17(26)23-24-20(29)31-13-18(27)25-11-7-9-15-8-5-6-10-16(15)25/h5-6,8,10,14H,7,9,11-13H2,1-4H3,(H,22,28)(H,23,26)(H,24,29)/t14-/m1/s1. The van der Waals surface area contributed by atoms with Crippen LogP contribution in [0.25, 0.3) is 0 Å². The van der Waals surface area contributed by atoms with Gasteiger partial charge in [-0.15, -0.1) is 0 Å². The van der Waals surface area contributed by atoms with Crippen molar-refractivity contribution in [2.45, 2.75) is 58.6 Å². The first-order valence-corrected chi connectivity index (χ1v) is 11.1. The van der Waals surface area contributed by atoms with Gasteiger partial charge in [-0.2, -0.15) is 0 Å². The maximum Gasteiger partial charge on any atom is 0.407 e. The second-order valence-corrected chi connectivity index (χ2v) is 9.23. The van der Waals surface area contributed by atoms with E-state index in [1.807, 2.05) is 24.3 Å². The number of anilines is 1. The van der Waals surface area contributed by atoms with E-state index in [1.165, 1.54) is 0 Å². The molecule has 0 radical (unpaired) electrons. The van der Waals surface area contributed by atoms with Gasteiger partial charge in [-0.3, -0.25) is 25.2 Å². The molecule has 170 valence electrons. The Labute approximate surface area is 186 Å². The predicted octanol–water partition coefficient (Wildman–Crippen LogP) is 2.74. The molecular weight excluding hydrogens is 420 g/mol. The van der Waals surface area contributed by atoms with Gasteiger partial charge in [0.05, 0.1) is 5.75 Å². The van der Waals surface area contributed by atoms with Crippen molar-refractivity contribution in [3.05, 3.63) is 29.8 Å². The average Bonchev–Trinajstić information content (AvgIpc) is 2.68. The number of benzene rings is 1. The molecule has 1 aromatic carbocycles. The molecule has 0 bridgehead atoms. The molecule has 3 N–H and O–H groups in total. The molecule has 1 aromatic rings. The molecule has 0 unspecified atom stereocenters. The van der Waals surface area contributed by atoms with Crippen molar-refractivity contribution in [2.24, 2.45) is 0 Å². The Balaban J connectivity index is 1.69. The Hall–Kier alpha value is -2.75. The lowest BCUT2D eigenvalue weighted by Gasteiger charge is -2.29. The molecule has 0 aliphatic carbocycles.